The van der Waals surface area contributed by atoms with Crippen molar-refractivity contribution in [2.75, 3.05) is 9.80 Å². The summed E-state index contributed by atoms with van der Waals surface area (Å²) in [5.41, 5.74) is 11.5. The number of allylic oxidation sites excluding steroid dienone is 10. The number of anilines is 3. The van der Waals surface area contributed by atoms with Crippen molar-refractivity contribution in [3.8, 4) is 11.4 Å². The summed E-state index contributed by atoms with van der Waals surface area (Å²) in [6.07, 6.45) is 17.1. The zero-order valence-electron chi connectivity index (χ0n) is 36.4. The second-order valence-corrected chi connectivity index (χ2v) is 15.8. The lowest BCUT2D eigenvalue weighted by atomic mass is 10.1. The topological polar surface area (TPSA) is 16.3 Å². The van der Waals surface area contributed by atoms with Crippen molar-refractivity contribution in [3.63, 3.8) is 0 Å². The fourth-order valence-electron chi connectivity index (χ4n) is 8.39. The molecule has 0 fully saturated rings. The van der Waals surface area contributed by atoms with Gasteiger partial charge in [-0.2, -0.15) is 0 Å². The van der Waals surface area contributed by atoms with E-state index in [1.807, 2.05) is 96.1 Å². The molecule has 0 unspecified atom stereocenters. The van der Waals surface area contributed by atoms with Crippen LogP contribution in [0.4, 0.5) is 25.8 Å². The number of nitrogens with zero attached hydrogens (tertiary/aromatic N) is 4. The molecular formula is C60H46F2N4. The molecule has 66 heavy (non-hydrogen) atoms. The third-order valence-corrected chi connectivity index (χ3v) is 11.6. The van der Waals surface area contributed by atoms with Crippen LogP contribution in [0.2, 0.25) is 0 Å². The van der Waals surface area contributed by atoms with Gasteiger partial charge in [-0.15, -0.1) is 0 Å². The van der Waals surface area contributed by atoms with Gasteiger partial charge in [0.15, 0.2) is 0 Å². The van der Waals surface area contributed by atoms with Crippen LogP contribution >= 0.6 is 0 Å². The van der Waals surface area contributed by atoms with Crippen LogP contribution < -0.4 is 9.80 Å². The molecular weight excluding hydrogens is 815 g/mol. The smallest absolute Gasteiger partial charge is 0.123 e. The lowest BCUT2D eigenvalue weighted by molar-refractivity contribution is 0.627. The minimum Gasteiger partial charge on any atom is -0.318 e. The van der Waals surface area contributed by atoms with Crippen LogP contribution in [0.5, 0.6) is 0 Å². The predicted octanol–water partition coefficient (Wildman–Crippen LogP) is 16.3. The van der Waals surface area contributed by atoms with E-state index in [9.17, 15) is 8.78 Å². The standard InChI is InChI=1S/C60H46F2N4/c1-6-7-8-16-39-63(51-35-37-59-55(40-51)53-19-12-14-21-57(53)65(59)49-31-27-46(61)28-32-49)44(4)25-23-42(2)43(3)24-26-45(5)64(48-17-10-9-11-18-48)52-36-38-60-56(41-52)54-20-13-15-22-58(54)66(60)50-33-29-47(62)30-34-50/h6-41H,1-5H2/b8-7-,25-23-,26-24-,39-16+. The summed E-state index contributed by atoms with van der Waals surface area (Å²) < 4.78 is 32.2. The Morgan fingerprint density at radius 3 is 1.44 bits per heavy atom. The lowest BCUT2D eigenvalue weighted by Crippen LogP contribution is -2.14. The molecule has 0 radical (unpaired) electrons. The average molecular weight is 861 g/mol. The van der Waals surface area contributed by atoms with Gasteiger partial charge in [-0.05, 0) is 139 Å². The van der Waals surface area contributed by atoms with Gasteiger partial charge < -0.3 is 18.9 Å². The van der Waals surface area contributed by atoms with Crippen LogP contribution in [0.25, 0.3) is 55.0 Å². The first-order valence-corrected chi connectivity index (χ1v) is 21.5. The Morgan fingerprint density at radius 1 is 0.424 bits per heavy atom. The quantitative estimate of drug-likeness (QED) is 0.0955. The maximum atomic E-state index is 14.0. The maximum Gasteiger partial charge on any atom is 0.123 e. The molecule has 0 bridgehead atoms. The van der Waals surface area contributed by atoms with Gasteiger partial charge in [0, 0.05) is 67.6 Å². The molecule has 2 aromatic heterocycles. The van der Waals surface area contributed by atoms with Crippen LogP contribution in [0.15, 0.2) is 274 Å². The van der Waals surface area contributed by atoms with E-state index in [0.29, 0.717) is 16.8 Å². The molecule has 0 saturated carbocycles. The molecule has 6 heteroatoms. The van der Waals surface area contributed by atoms with E-state index in [1.165, 1.54) is 24.3 Å². The van der Waals surface area contributed by atoms with Crippen LogP contribution in [0.3, 0.4) is 0 Å². The lowest BCUT2D eigenvalue weighted by Gasteiger charge is -2.26. The average Bonchev–Trinajstić information content (AvgIpc) is 3.85. The van der Waals surface area contributed by atoms with E-state index in [4.69, 9.17) is 0 Å². The Bertz CT molecular complexity index is 3470. The Morgan fingerprint density at radius 2 is 0.894 bits per heavy atom. The number of fused-ring (bicyclic) bond motifs is 6. The molecule has 2 heterocycles. The van der Waals surface area contributed by atoms with E-state index in [2.05, 4.69) is 120 Å². The second-order valence-electron chi connectivity index (χ2n) is 15.8. The molecule has 0 aliphatic rings. The van der Waals surface area contributed by atoms with Gasteiger partial charge in [-0.3, -0.25) is 0 Å². The summed E-state index contributed by atoms with van der Waals surface area (Å²) >= 11 is 0. The zero-order valence-corrected chi connectivity index (χ0v) is 36.4. The van der Waals surface area contributed by atoms with Gasteiger partial charge >= 0.3 is 0 Å². The van der Waals surface area contributed by atoms with Gasteiger partial charge in [-0.1, -0.05) is 118 Å². The van der Waals surface area contributed by atoms with E-state index < -0.39 is 0 Å². The monoisotopic (exact) mass is 860 g/mol. The number of halogens is 2. The Labute approximate surface area is 383 Å². The third kappa shape index (κ3) is 8.39. The summed E-state index contributed by atoms with van der Waals surface area (Å²) in [5.74, 6) is -0.552. The first-order chi connectivity index (χ1) is 32.2. The molecule has 0 aliphatic carbocycles. The number of aromatic nitrogens is 2. The fourth-order valence-corrected chi connectivity index (χ4v) is 8.39. The molecule has 4 nitrogen and oxygen atoms in total. The first-order valence-electron chi connectivity index (χ1n) is 21.5. The van der Waals surface area contributed by atoms with Crippen molar-refractivity contribution >= 4 is 60.7 Å². The maximum absolute atomic E-state index is 14.0. The van der Waals surface area contributed by atoms with Gasteiger partial charge in [0.05, 0.1) is 22.1 Å². The Hall–Kier alpha value is -8.74. The van der Waals surface area contributed by atoms with Crippen LogP contribution in [0.1, 0.15) is 0 Å². The summed E-state index contributed by atoms with van der Waals surface area (Å²) in [7, 11) is 0. The largest absolute Gasteiger partial charge is 0.318 e. The predicted molar refractivity (Wildman–Crippen MR) is 276 cm³/mol. The molecule has 9 rings (SSSR count). The molecule has 0 N–H and O–H groups in total. The van der Waals surface area contributed by atoms with Gasteiger partial charge in [0.2, 0.25) is 0 Å². The van der Waals surface area contributed by atoms with E-state index in [0.717, 1.165) is 77.7 Å². The van der Waals surface area contributed by atoms with E-state index >= 15 is 0 Å². The number of para-hydroxylation sites is 3. The minimum absolute atomic E-state index is 0.275. The molecule has 0 amide bonds. The van der Waals surface area contributed by atoms with Crippen LogP contribution in [-0.4, -0.2) is 9.13 Å². The van der Waals surface area contributed by atoms with E-state index in [-0.39, 0.29) is 11.6 Å². The second kappa shape index (κ2) is 18.5. The highest BCUT2D eigenvalue weighted by Gasteiger charge is 2.18. The minimum atomic E-state index is -0.278. The normalized spacial score (nSPS) is 11.8. The molecule has 9 aromatic rings. The Kier molecular flexibility index (Phi) is 12.0. The van der Waals surface area contributed by atoms with Gasteiger partial charge in [0.25, 0.3) is 0 Å². The Balaban J connectivity index is 0.987. The SMILES string of the molecule is C=C/C=C\C=C\N(C(=C)/C=C\C(=C)C(=C)/C=C\C(=C)N(c1ccccc1)c1ccc2c(c1)c1ccccc1n2-c1ccc(F)cc1)c1ccc2c(c1)c1ccccc1n2-c1ccc(F)cc1. The van der Waals surface area contributed by atoms with Crippen molar-refractivity contribution in [2.45, 2.75) is 0 Å². The highest BCUT2D eigenvalue weighted by atomic mass is 19.1. The molecule has 7 aromatic carbocycles. The summed E-state index contributed by atoms with van der Waals surface area (Å²) in [6.45, 7) is 21.5. The van der Waals surface area contributed by atoms with Crippen molar-refractivity contribution in [2.24, 2.45) is 0 Å². The molecule has 0 saturated heterocycles. The number of benzene rings is 7. The number of hydrogen-bond acceptors (Lipinski definition) is 2. The summed E-state index contributed by atoms with van der Waals surface area (Å²) in [4.78, 5) is 4.14. The highest BCUT2D eigenvalue weighted by molar-refractivity contribution is 6.11. The number of rotatable bonds is 15. The number of hydrogen-bond donors (Lipinski definition) is 0. The van der Waals surface area contributed by atoms with Crippen molar-refractivity contribution in [3.05, 3.63) is 286 Å². The van der Waals surface area contributed by atoms with E-state index in [1.54, 1.807) is 30.3 Å². The van der Waals surface area contributed by atoms with Gasteiger partial charge in [-0.25, -0.2) is 8.78 Å². The van der Waals surface area contributed by atoms with Crippen molar-refractivity contribution < 1.29 is 8.78 Å². The van der Waals surface area contributed by atoms with Crippen LogP contribution in [0, 0.1) is 11.6 Å². The summed E-state index contributed by atoms with van der Waals surface area (Å²) in [6, 6.07) is 52.5. The van der Waals surface area contributed by atoms with Crippen LogP contribution in [-0.2, 0) is 0 Å². The van der Waals surface area contributed by atoms with Gasteiger partial charge in [0.1, 0.15) is 11.6 Å². The third-order valence-electron chi connectivity index (χ3n) is 11.6. The first kappa shape index (κ1) is 42.6. The molecule has 0 aliphatic heterocycles. The van der Waals surface area contributed by atoms with Crippen molar-refractivity contribution in [1.29, 1.82) is 0 Å². The van der Waals surface area contributed by atoms with Crippen molar-refractivity contribution in [1.82, 2.24) is 9.13 Å². The highest BCUT2D eigenvalue weighted by Crippen LogP contribution is 2.39. The fraction of sp³-hybridized carbons (Fsp3) is 0. The molecule has 0 atom stereocenters. The zero-order chi connectivity index (χ0) is 45.7. The molecule has 0 spiro atoms. The summed E-state index contributed by atoms with van der Waals surface area (Å²) in [5, 5.41) is 4.27. The molecule has 320 valence electrons.